The smallest absolute Gasteiger partial charge is 0.269 e. The first-order valence-electron chi connectivity index (χ1n) is 9.91. The van der Waals surface area contributed by atoms with Crippen molar-refractivity contribution in [2.75, 3.05) is 18.0 Å². The Morgan fingerprint density at radius 2 is 1.86 bits per heavy atom. The molecule has 154 valence electrons. The standard InChI is InChI=1S/C21H26N4O3S/c1-16(29-19-9-7-18(8-10-19)25(27)28)21(26)23-15-17-6-11-20(22-14-17)24-12-4-2-3-5-13-24/h6-11,14,16H,2-5,12-13,15H2,1H3,(H,23,26). The van der Waals surface area contributed by atoms with Crippen LogP contribution >= 0.6 is 11.8 Å². The highest BCUT2D eigenvalue weighted by atomic mass is 32.2. The molecule has 1 atom stereocenters. The fourth-order valence-electron chi connectivity index (χ4n) is 3.25. The predicted molar refractivity (Wildman–Crippen MR) is 115 cm³/mol. The fraction of sp³-hybridized carbons (Fsp3) is 0.429. The summed E-state index contributed by atoms with van der Waals surface area (Å²) in [5.74, 6) is 0.925. The second kappa shape index (κ2) is 10.2. The van der Waals surface area contributed by atoms with Crippen LogP contribution in [0.5, 0.6) is 0 Å². The highest BCUT2D eigenvalue weighted by Crippen LogP contribution is 2.25. The van der Waals surface area contributed by atoms with Gasteiger partial charge in [-0.25, -0.2) is 4.98 Å². The van der Waals surface area contributed by atoms with Crippen LogP contribution in [-0.4, -0.2) is 34.2 Å². The van der Waals surface area contributed by atoms with Gasteiger partial charge in [0.1, 0.15) is 5.82 Å². The van der Waals surface area contributed by atoms with Crippen LogP contribution in [-0.2, 0) is 11.3 Å². The van der Waals surface area contributed by atoms with E-state index in [1.807, 2.05) is 25.3 Å². The Morgan fingerprint density at radius 3 is 2.45 bits per heavy atom. The molecule has 3 rings (SSSR count). The Morgan fingerprint density at radius 1 is 1.17 bits per heavy atom. The third-order valence-corrected chi connectivity index (χ3v) is 6.05. The molecule has 0 saturated carbocycles. The number of hydrogen-bond acceptors (Lipinski definition) is 6. The van der Waals surface area contributed by atoms with Crippen molar-refractivity contribution in [1.29, 1.82) is 0 Å². The number of nitro groups is 1. The van der Waals surface area contributed by atoms with Crippen molar-refractivity contribution in [2.24, 2.45) is 0 Å². The normalized spacial score (nSPS) is 15.4. The second-order valence-corrected chi connectivity index (χ2v) is 8.57. The maximum absolute atomic E-state index is 12.4. The van der Waals surface area contributed by atoms with Crippen molar-refractivity contribution in [2.45, 2.75) is 49.3 Å². The molecule has 2 heterocycles. The van der Waals surface area contributed by atoms with E-state index in [1.165, 1.54) is 49.6 Å². The summed E-state index contributed by atoms with van der Waals surface area (Å²) in [7, 11) is 0. The zero-order chi connectivity index (χ0) is 20.6. The van der Waals surface area contributed by atoms with Gasteiger partial charge in [0.05, 0.1) is 10.2 Å². The molecule has 1 fully saturated rings. The van der Waals surface area contributed by atoms with Crippen molar-refractivity contribution in [3.05, 3.63) is 58.3 Å². The summed E-state index contributed by atoms with van der Waals surface area (Å²) >= 11 is 1.37. The predicted octanol–water partition coefficient (Wildman–Crippen LogP) is 4.17. The summed E-state index contributed by atoms with van der Waals surface area (Å²) in [6.45, 7) is 4.36. The Hall–Kier alpha value is -2.61. The van der Waals surface area contributed by atoms with Gasteiger partial charge in [-0.2, -0.15) is 0 Å². The minimum atomic E-state index is -0.434. The molecule has 0 spiro atoms. The third kappa shape index (κ3) is 6.19. The number of nitro benzene ring substituents is 1. The molecule has 1 aromatic heterocycles. The largest absolute Gasteiger partial charge is 0.357 e. The Kier molecular flexibility index (Phi) is 7.46. The summed E-state index contributed by atoms with van der Waals surface area (Å²) in [5, 5.41) is 13.3. The van der Waals surface area contributed by atoms with Crippen LogP contribution in [0.25, 0.3) is 0 Å². The van der Waals surface area contributed by atoms with Gasteiger partial charge in [-0.05, 0) is 43.5 Å². The molecule has 1 amide bonds. The topological polar surface area (TPSA) is 88.4 Å². The molecular formula is C21H26N4O3S. The number of carbonyl (C=O) groups excluding carboxylic acids is 1. The van der Waals surface area contributed by atoms with Crippen LogP contribution in [0.2, 0.25) is 0 Å². The quantitative estimate of drug-likeness (QED) is 0.416. The molecule has 1 aromatic carbocycles. The molecule has 1 unspecified atom stereocenters. The first-order valence-corrected chi connectivity index (χ1v) is 10.8. The molecule has 0 bridgehead atoms. The molecule has 1 aliphatic heterocycles. The van der Waals surface area contributed by atoms with E-state index < -0.39 is 4.92 Å². The summed E-state index contributed by atoms with van der Waals surface area (Å²) < 4.78 is 0. The minimum absolute atomic E-state index is 0.0441. The van der Waals surface area contributed by atoms with Crippen LogP contribution in [0.15, 0.2) is 47.5 Å². The van der Waals surface area contributed by atoms with E-state index in [0.29, 0.717) is 6.54 Å². The summed E-state index contributed by atoms with van der Waals surface area (Å²) in [6, 6.07) is 10.3. The second-order valence-electron chi connectivity index (χ2n) is 7.15. The van der Waals surface area contributed by atoms with E-state index in [0.717, 1.165) is 29.4 Å². The van der Waals surface area contributed by atoms with Gasteiger partial charge in [0.15, 0.2) is 0 Å². The van der Waals surface area contributed by atoms with Gasteiger partial charge in [0.2, 0.25) is 5.91 Å². The Bertz CT molecular complexity index is 819. The van der Waals surface area contributed by atoms with Crippen LogP contribution in [0.4, 0.5) is 11.5 Å². The number of thioether (sulfide) groups is 1. The first-order chi connectivity index (χ1) is 14.0. The van der Waals surface area contributed by atoms with Gasteiger partial charge in [-0.1, -0.05) is 18.9 Å². The van der Waals surface area contributed by atoms with Crippen molar-refractivity contribution in [3.8, 4) is 0 Å². The molecular weight excluding hydrogens is 388 g/mol. The minimum Gasteiger partial charge on any atom is -0.357 e. The van der Waals surface area contributed by atoms with Gasteiger partial charge in [-0.3, -0.25) is 14.9 Å². The van der Waals surface area contributed by atoms with Crippen LogP contribution in [0.1, 0.15) is 38.2 Å². The lowest BCUT2D eigenvalue weighted by molar-refractivity contribution is -0.384. The average molecular weight is 415 g/mol. The number of carbonyl (C=O) groups is 1. The number of rotatable bonds is 7. The molecule has 0 aliphatic carbocycles. The lowest BCUT2D eigenvalue weighted by Crippen LogP contribution is -2.30. The van der Waals surface area contributed by atoms with Crippen LogP contribution < -0.4 is 10.2 Å². The number of benzene rings is 1. The summed E-state index contributed by atoms with van der Waals surface area (Å²) in [4.78, 5) is 30.4. The molecule has 2 aromatic rings. The number of nitrogens with zero attached hydrogens (tertiary/aromatic N) is 3. The molecule has 7 nitrogen and oxygen atoms in total. The molecule has 1 N–H and O–H groups in total. The highest BCUT2D eigenvalue weighted by molar-refractivity contribution is 8.00. The van der Waals surface area contributed by atoms with Crippen molar-refractivity contribution >= 4 is 29.2 Å². The van der Waals surface area contributed by atoms with Gasteiger partial charge in [-0.15, -0.1) is 11.8 Å². The van der Waals surface area contributed by atoms with E-state index in [4.69, 9.17) is 0 Å². The van der Waals surface area contributed by atoms with Crippen molar-refractivity contribution in [1.82, 2.24) is 10.3 Å². The number of nitrogens with one attached hydrogen (secondary N) is 1. The van der Waals surface area contributed by atoms with E-state index in [-0.39, 0.29) is 16.8 Å². The molecule has 0 radical (unpaired) electrons. The summed E-state index contributed by atoms with van der Waals surface area (Å²) in [6.07, 6.45) is 6.83. The number of hydrogen-bond donors (Lipinski definition) is 1. The van der Waals surface area contributed by atoms with Gasteiger partial charge in [0.25, 0.3) is 5.69 Å². The molecule has 1 saturated heterocycles. The molecule has 1 aliphatic rings. The van der Waals surface area contributed by atoms with Crippen LogP contribution in [0.3, 0.4) is 0 Å². The van der Waals surface area contributed by atoms with Crippen LogP contribution in [0, 0.1) is 10.1 Å². The number of non-ortho nitro benzene ring substituents is 1. The number of pyridine rings is 1. The van der Waals surface area contributed by atoms with Gasteiger partial charge in [0, 0.05) is 42.9 Å². The van der Waals surface area contributed by atoms with Crippen molar-refractivity contribution in [3.63, 3.8) is 0 Å². The highest BCUT2D eigenvalue weighted by Gasteiger charge is 2.15. The number of amides is 1. The first kappa shape index (κ1) is 21.1. The SMILES string of the molecule is CC(Sc1ccc([N+](=O)[O-])cc1)C(=O)NCc1ccc(N2CCCCCC2)nc1. The number of anilines is 1. The van der Waals surface area contributed by atoms with E-state index in [9.17, 15) is 14.9 Å². The Labute approximate surface area is 175 Å². The lowest BCUT2D eigenvalue weighted by atomic mass is 10.2. The van der Waals surface area contributed by atoms with E-state index >= 15 is 0 Å². The van der Waals surface area contributed by atoms with Gasteiger partial charge >= 0.3 is 0 Å². The fourth-order valence-corrected chi connectivity index (χ4v) is 4.14. The van der Waals surface area contributed by atoms with Gasteiger partial charge < -0.3 is 10.2 Å². The maximum Gasteiger partial charge on any atom is 0.269 e. The lowest BCUT2D eigenvalue weighted by Gasteiger charge is -2.21. The number of aromatic nitrogens is 1. The molecule has 8 heteroatoms. The van der Waals surface area contributed by atoms with E-state index in [2.05, 4.69) is 15.2 Å². The Balaban J connectivity index is 1.48. The zero-order valence-corrected chi connectivity index (χ0v) is 17.4. The maximum atomic E-state index is 12.4. The monoisotopic (exact) mass is 414 g/mol. The summed E-state index contributed by atoms with van der Waals surface area (Å²) in [5.41, 5.74) is 1.01. The van der Waals surface area contributed by atoms with E-state index in [1.54, 1.807) is 12.1 Å². The molecule has 29 heavy (non-hydrogen) atoms. The third-order valence-electron chi connectivity index (χ3n) is 4.94. The van der Waals surface area contributed by atoms with Crippen molar-refractivity contribution < 1.29 is 9.72 Å². The average Bonchev–Trinajstić information content (AvgIpc) is 3.02. The zero-order valence-electron chi connectivity index (χ0n) is 16.5.